The van der Waals surface area contributed by atoms with Crippen LogP contribution in [0, 0.1) is 0 Å². The Balaban J connectivity index is 2.57. The fraction of sp³-hybridized carbons (Fsp3) is 0.458. The smallest absolute Gasteiger partial charge is 0.147 e. The summed E-state index contributed by atoms with van der Waals surface area (Å²) in [7, 11) is 4.18. The normalized spacial score (nSPS) is 13.0. The second-order valence-corrected chi connectivity index (χ2v) is 7.53. The molecule has 0 spiro atoms. The van der Waals surface area contributed by atoms with Gasteiger partial charge in [-0.25, -0.2) is 0 Å². The molecule has 0 aliphatic heterocycles. The molecule has 0 radical (unpaired) electrons. The third-order valence-corrected chi connectivity index (χ3v) is 5.50. The molecule has 0 aliphatic rings. The van der Waals surface area contributed by atoms with Crippen molar-refractivity contribution in [3.8, 4) is 0 Å². The summed E-state index contributed by atoms with van der Waals surface area (Å²) in [5, 5.41) is 0. The molecule has 0 saturated carbocycles. The predicted molar refractivity (Wildman–Crippen MR) is 111 cm³/mol. The second-order valence-electron chi connectivity index (χ2n) is 7.53. The number of benzene rings is 2. The first kappa shape index (κ1) is 20.4. The minimum atomic E-state index is -0.583. The molecule has 0 aliphatic carbocycles. The van der Waals surface area contributed by atoms with E-state index < -0.39 is 5.41 Å². The highest BCUT2D eigenvalue weighted by molar-refractivity contribution is 5.94. The standard InChI is InChI=1S/C24H33NO/c1-5-6-9-18-23(26)24(19-20(2)25(3)4,21-14-10-7-11-15-21)22-16-12-8-13-17-22/h7-8,10-17,20H,5-6,9,18-19H2,1-4H3/t20-/m0/s1. The van der Waals surface area contributed by atoms with Crippen molar-refractivity contribution in [3.63, 3.8) is 0 Å². The Morgan fingerprint density at radius 1 is 0.923 bits per heavy atom. The molecule has 0 aromatic heterocycles. The lowest BCUT2D eigenvalue weighted by atomic mass is 9.66. The van der Waals surface area contributed by atoms with Crippen LogP contribution in [0.4, 0.5) is 0 Å². The largest absolute Gasteiger partial charge is 0.307 e. The van der Waals surface area contributed by atoms with Crippen LogP contribution in [-0.4, -0.2) is 30.8 Å². The molecular formula is C24H33NO. The molecule has 2 aromatic carbocycles. The molecule has 0 heterocycles. The highest BCUT2D eigenvalue weighted by Crippen LogP contribution is 2.39. The van der Waals surface area contributed by atoms with Crippen LogP contribution in [-0.2, 0) is 10.2 Å². The average molecular weight is 352 g/mol. The van der Waals surface area contributed by atoms with Gasteiger partial charge in [-0.15, -0.1) is 0 Å². The maximum Gasteiger partial charge on any atom is 0.147 e. The monoisotopic (exact) mass is 351 g/mol. The van der Waals surface area contributed by atoms with E-state index in [2.05, 4.69) is 57.1 Å². The number of hydrogen-bond donors (Lipinski definition) is 0. The summed E-state index contributed by atoms with van der Waals surface area (Å²) in [5.74, 6) is 0.344. The summed E-state index contributed by atoms with van der Waals surface area (Å²) >= 11 is 0. The molecule has 2 heteroatoms. The van der Waals surface area contributed by atoms with Crippen LogP contribution in [0.15, 0.2) is 60.7 Å². The van der Waals surface area contributed by atoms with Gasteiger partial charge in [0, 0.05) is 12.5 Å². The van der Waals surface area contributed by atoms with Crippen molar-refractivity contribution in [1.82, 2.24) is 4.90 Å². The predicted octanol–water partition coefficient (Wildman–Crippen LogP) is 5.46. The van der Waals surface area contributed by atoms with Crippen molar-refractivity contribution < 1.29 is 4.79 Å². The first-order valence-corrected chi connectivity index (χ1v) is 9.83. The second kappa shape index (κ2) is 9.68. The van der Waals surface area contributed by atoms with E-state index in [1.165, 1.54) is 0 Å². The Morgan fingerprint density at radius 2 is 1.42 bits per heavy atom. The van der Waals surface area contributed by atoms with Crippen LogP contribution >= 0.6 is 0 Å². The molecule has 2 nitrogen and oxygen atoms in total. The minimum absolute atomic E-state index is 0.297. The summed E-state index contributed by atoms with van der Waals surface area (Å²) in [6, 6.07) is 21.0. The molecular weight excluding hydrogens is 318 g/mol. The number of rotatable bonds is 10. The lowest BCUT2D eigenvalue weighted by Crippen LogP contribution is -2.43. The van der Waals surface area contributed by atoms with Crippen molar-refractivity contribution in [1.29, 1.82) is 0 Å². The Morgan fingerprint density at radius 3 is 1.85 bits per heavy atom. The third kappa shape index (κ3) is 4.62. The topological polar surface area (TPSA) is 20.3 Å². The number of Topliss-reactive ketones (excluding diaryl/α,β-unsaturated/α-hetero) is 1. The van der Waals surface area contributed by atoms with Gasteiger partial charge < -0.3 is 4.90 Å². The van der Waals surface area contributed by atoms with Gasteiger partial charge in [-0.05, 0) is 45.0 Å². The minimum Gasteiger partial charge on any atom is -0.307 e. The lowest BCUT2D eigenvalue weighted by molar-refractivity contribution is -0.124. The van der Waals surface area contributed by atoms with E-state index in [9.17, 15) is 4.79 Å². The molecule has 0 unspecified atom stereocenters. The molecule has 2 rings (SSSR count). The molecule has 0 amide bonds. The maximum atomic E-state index is 13.7. The first-order chi connectivity index (χ1) is 12.5. The summed E-state index contributed by atoms with van der Waals surface area (Å²) in [5.41, 5.74) is 1.64. The number of unbranched alkanes of at least 4 members (excludes halogenated alkanes) is 2. The van der Waals surface area contributed by atoms with Crippen LogP contribution < -0.4 is 0 Å². The van der Waals surface area contributed by atoms with Crippen molar-refractivity contribution in [2.24, 2.45) is 0 Å². The molecule has 0 saturated heterocycles. The van der Waals surface area contributed by atoms with E-state index in [1.54, 1.807) is 0 Å². The van der Waals surface area contributed by atoms with Crippen molar-refractivity contribution >= 4 is 5.78 Å². The zero-order chi connectivity index (χ0) is 19.0. The summed E-state index contributed by atoms with van der Waals surface area (Å²) in [6.07, 6.45) is 4.63. The highest BCUT2D eigenvalue weighted by Gasteiger charge is 2.42. The average Bonchev–Trinajstić information content (AvgIpc) is 2.67. The number of hydrogen-bond acceptors (Lipinski definition) is 2. The summed E-state index contributed by atoms with van der Waals surface area (Å²) < 4.78 is 0. The van der Waals surface area contributed by atoms with Gasteiger partial charge in [0.1, 0.15) is 5.78 Å². The van der Waals surface area contributed by atoms with Gasteiger partial charge in [0.25, 0.3) is 0 Å². The van der Waals surface area contributed by atoms with E-state index in [0.717, 1.165) is 36.8 Å². The summed E-state index contributed by atoms with van der Waals surface area (Å²) in [6.45, 7) is 4.39. The zero-order valence-electron chi connectivity index (χ0n) is 16.7. The van der Waals surface area contributed by atoms with Gasteiger partial charge in [0.05, 0.1) is 5.41 Å². The van der Waals surface area contributed by atoms with Crippen LogP contribution in [0.5, 0.6) is 0 Å². The first-order valence-electron chi connectivity index (χ1n) is 9.83. The fourth-order valence-electron chi connectivity index (χ4n) is 3.66. The molecule has 0 fully saturated rings. The van der Waals surface area contributed by atoms with E-state index >= 15 is 0 Å². The quantitative estimate of drug-likeness (QED) is 0.530. The molecule has 0 N–H and O–H groups in total. The Bertz CT molecular complexity index is 624. The van der Waals surface area contributed by atoms with Crippen molar-refractivity contribution in [2.45, 2.75) is 57.4 Å². The van der Waals surface area contributed by atoms with Gasteiger partial charge in [-0.2, -0.15) is 0 Å². The van der Waals surface area contributed by atoms with Crippen LogP contribution in [0.3, 0.4) is 0 Å². The van der Waals surface area contributed by atoms with Crippen molar-refractivity contribution in [2.75, 3.05) is 14.1 Å². The molecule has 140 valence electrons. The highest BCUT2D eigenvalue weighted by atomic mass is 16.1. The third-order valence-electron chi connectivity index (χ3n) is 5.50. The van der Waals surface area contributed by atoms with Gasteiger partial charge in [-0.1, -0.05) is 80.4 Å². The maximum absolute atomic E-state index is 13.7. The Labute approximate surface area is 159 Å². The van der Waals surface area contributed by atoms with Gasteiger partial charge in [-0.3, -0.25) is 4.79 Å². The molecule has 2 aromatic rings. The van der Waals surface area contributed by atoms with Gasteiger partial charge in [0.15, 0.2) is 0 Å². The van der Waals surface area contributed by atoms with E-state index in [4.69, 9.17) is 0 Å². The molecule has 1 atom stereocenters. The number of nitrogens with zero attached hydrogens (tertiary/aromatic N) is 1. The van der Waals surface area contributed by atoms with Gasteiger partial charge >= 0.3 is 0 Å². The SMILES string of the molecule is CCCCCC(=O)C(C[C@H](C)N(C)C)(c1ccccc1)c1ccccc1. The van der Waals surface area contributed by atoms with Crippen LogP contribution in [0.1, 0.15) is 57.1 Å². The van der Waals surface area contributed by atoms with E-state index in [1.807, 2.05) is 36.4 Å². The zero-order valence-corrected chi connectivity index (χ0v) is 16.7. The Kier molecular flexibility index (Phi) is 7.59. The van der Waals surface area contributed by atoms with Gasteiger partial charge in [0.2, 0.25) is 0 Å². The van der Waals surface area contributed by atoms with Crippen molar-refractivity contribution in [3.05, 3.63) is 71.8 Å². The van der Waals surface area contributed by atoms with Crippen LogP contribution in [0.25, 0.3) is 0 Å². The fourth-order valence-corrected chi connectivity index (χ4v) is 3.66. The van der Waals surface area contributed by atoms with Crippen LogP contribution in [0.2, 0.25) is 0 Å². The molecule has 26 heavy (non-hydrogen) atoms. The summed E-state index contributed by atoms with van der Waals surface area (Å²) in [4.78, 5) is 15.9. The number of ketones is 1. The molecule has 0 bridgehead atoms. The lowest BCUT2D eigenvalue weighted by Gasteiger charge is -2.38. The van der Waals surface area contributed by atoms with E-state index in [-0.39, 0.29) is 0 Å². The van der Waals surface area contributed by atoms with E-state index in [0.29, 0.717) is 18.2 Å². The Hall–Kier alpha value is -1.93. The number of carbonyl (C=O) groups excluding carboxylic acids is 1. The number of carbonyl (C=O) groups is 1.